The molecule has 0 saturated carbocycles. The molecule has 3 N–H and O–H groups in total. The average molecular weight is 533 g/mol. The van der Waals surface area contributed by atoms with E-state index in [4.69, 9.17) is 23.2 Å². The molecular formula is C21H19Cl2FN10O2. The quantitative estimate of drug-likeness (QED) is 0.335. The Kier molecular flexibility index (Phi) is 7.12. The second kappa shape index (κ2) is 10.3. The van der Waals surface area contributed by atoms with E-state index in [1.54, 1.807) is 27.1 Å². The number of pyridine rings is 1. The number of urea groups is 1. The number of nitrogens with one attached hydrogen (secondary N) is 3. The molecule has 0 aliphatic heterocycles. The Labute approximate surface area is 213 Å². The van der Waals surface area contributed by atoms with Gasteiger partial charge in [-0.15, -0.1) is 10.2 Å². The third-order valence-electron chi connectivity index (χ3n) is 4.98. The molecule has 4 rings (SSSR count). The minimum Gasteiger partial charge on any atom is -0.329 e. The third-order valence-corrected chi connectivity index (χ3v) is 5.50. The second-order valence-corrected chi connectivity index (χ2v) is 8.52. The van der Waals surface area contributed by atoms with E-state index in [9.17, 15) is 9.59 Å². The summed E-state index contributed by atoms with van der Waals surface area (Å²) in [5.74, 6) is -1.01. The molecule has 0 fully saturated rings. The number of hydrogen-bond acceptors (Lipinski definition) is 7. The Morgan fingerprint density at radius 2 is 1.89 bits per heavy atom. The minimum absolute atomic E-state index is 0.0280. The molecule has 1 atom stereocenters. The highest BCUT2D eigenvalue weighted by molar-refractivity contribution is 6.37. The highest BCUT2D eigenvalue weighted by atomic mass is 35.5. The van der Waals surface area contributed by atoms with Crippen LogP contribution in [0.5, 0.6) is 0 Å². The number of carbonyl (C=O) groups is 2. The van der Waals surface area contributed by atoms with Crippen LogP contribution in [-0.4, -0.2) is 46.9 Å². The molecule has 186 valence electrons. The Hall–Kier alpha value is -4.10. The molecule has 3 heterocycles. The minimum atomic E-state index is -0.835. The first-order chi connectivity index (χ1) is 17.1. The molecule has 4 aromatic rings. The fourth-order valence-electron chi connectivity index (χ4n) is 3.35. The molecule has 0 radical (unpaired) electrons. The van der Waals surface area contributed by atoms with Gasteiger partial charge in [0.15, 0.2) is 0 Å². The van der Waals surface area contributed by atoms with E-state index in [0.29, 0.717) is 21.7 Å². The van der Waals surface area contributed by atoms with Crippen molar-refractivity contribution in [3.8, 4) is 22.5 Å². The van der Waals surface area contributed by atoms with Gasteiger partial charge in [-0.05, 0) is 35.9 Å². The van der Waals surface area contributed by atoms with Crippen molar-refractivity contribution in [2.24, 2.45) is 14.1 Å². The monoisotopic (exact) mass is 532 g/mol. The van der Waals surface area contributed by atoms with Crippen molar-refractivity contribution in [2.45, 2.75) is 13.0 Å². The summed E-state index contributed by atoms with van der Waals surface area (Å²) >= 11 is 12.6. The number of carbonyl (C=O) groups excluding carboxylic acids is 2. The summed E-state index contributed by atoms with van der Waals surface area (Å²) in [5.41, 5.74) is 5.90. The standard InChI is InChI=1S/C21H19Cl2FN10O2/c1-10(27-21(36)30-29-20(35)12-8-26-33(2)9-12)18-16(24)4-11(7-25-18)14-5-13(22)6-15(23)17(14)19-28-32-34(3)31-19/h4-10H,1-3H3,(H,29,35)(H2,27,30,36). The molecule has 0 saturated heterocycles. The van der Waals surface area contributed by atoms with Gasteiger partial charge < -0.3 is 5.32 Å². The number of aromatic nitrogens is 7. The van der Waals surface area contributed by atoms with Crippen molar-refractivity contribution in [3.05, 3.63) is 63.9 Å². The SMILES string of the molecule is CC(NC(=O)NNC(=O)c1cnn(C)c1)c1ncc(-c2cc(Cl)cc(Cl)c2-c2nnn(C)n2)cc1F. The van der Waals surface area contributed by atoms with Gasteiger partial charge in [0.25, 0.3) is 5.91 Å². The van der Waals surface area contributed by atoms with Crippen LogP contribution in [0, 0.1) is 5.82 Å². The highest BCUT2D eigenvalue weighted by Gasteiger charge is 2.21. The maximum absolute atomic E-state index is 15.1. The van der Waals surface area contributed by atoms with Gasteiger partial charge >= 0.3 is 6.03 Å². The first-order valence-electron chi connectivity index (χ1n) is 10.4. The Bertz CT molecular complexity index is 1450. The first-order valence-corrected chi connectivity index (χ1v) is 11.1. The number of hydrogen-bond donors (Lipinski definition) is 3. The summed E-state index contributed by atoms with van der Waals surface area (Å²) in [6.07, 6.45) is 4.25. The first kappa shape index (κ1) is 25.0. The molecular weight excluding hydrogens is 514 g/mol. The number of nitrogens with zero attached hydrogens (tertiary/aromatic N) is 7. The van der Waals surface area contributed by atoms with Crippen LogP contribution in [0.1, 0.15) is 29.0 Å². The van der Waals surface area contributed by atoms with Crippen LogP contribution < -0.4 is 16.2 Å². The third kappa shape index (κ3) is 5.42. The van der Waals surface area contributed by atoms with Crippen molar-refractivity contribution >= 4 is 35.1 Å². The molecule has 15 heteroatoms. The Morgan fingerprint density at radius 1 is 1.11 bits per heavy atom. The number of halogens is 3. The lowest BCUT2D eigenvalue weighted by atomic mass is 9.99. The normalized spacial score (nSPS) is 11.7. The van der Waals surface area contributed by atoms with Crippen LogP contribution >= 0.6 is 23.2 Å². The fraction of sp³-hybridized carbons (Fsp3) is 0.190. The summed E-state index contributed by atoms with van der Waals surface area (Å²) in [6, 6.07) is 2.76. The van der Waals surface area contributed by atoms with E-state index in [1.165, 1.54) is 40.2 Å². The van der Waals surface area contributed by atoms with Gasteiger partial charge in [0.2, 0.25) is 5.82 Å². The van der Waals surface area contributed by atoms with E-state index in [0.717, 1.165) is 0 Å². The molecule has 1 unspecified atom stereocenters. The number of benzene rings is 1. The van der Waals surface area contributed by atoms with E-state index >= 15 is 4.39 Å². The molecule has 12 nitrogen and oxygen atoms in total. The Morgan fingerprint density at radius 3 is 2.53 bits per heavy atom. The molecule has 1 aromatic carbocycles. The van der Waals surface area contributed by atoms with Gasteiger partial charge in [0.1, 0.15) is 5.82 Å². The van der Waals surface area contributed by atoms with Crippen molar-refractivity contribution in [3.63, 3.8) is 0 Å². The molecule has 0 spiro atoms. The maximum Gasteiger partial charge on any atom is 0.334 e. The maximum atomic E-state index is 15.1. The van der Waals surface area contributed by atoms with Gasteiger partial charge in [-0.3, -0.25) is 19.9 Å². The highest BCUT2D eigenvalue weighted by Crippen LogP contribution is 2.38. The van der Waals surface area contributed by atoms with Crippen LogP contribution in [0.2, 0.25) is 10.0 Å². The zero-order valence-electron chi connectivity index (χ0n) is 19.1. The van der Waals surface area contributed by atoms with Crippen molar-refractivity contribution in [1.29, 1.82) is 0 Å². The number of hydrazine groups is 1. The van der Waals surface area contributed by atoms with Gasteiger partial charge in [0.05, 0.1) is 35.6 Å². The predicted molar refractivity (Wildman–Crippen MR) is 128 cm³/mol. The smallest absolute Gasteiger partial charge is 0.329 e. The number of tetrazole rings is 1. The molecule has 0 bridgehead atoms. The van der Waals surface area contributed by atoms with Crippen molar-refractivity contribution in [1.82, 2.24) is 51.1 Å². The van der Waals surface area contributed by atoms with Crippen molar-refractivity contribution < 1.29 is 14.0 Å². The predicted octanol–water partition coefficient (Wildman–Crippen LogP) is 2.82. The average Bonchev–Trinajstić information content (AvgIpc) is 3.44. The van der Waals surface area contributed by atoms with Gasteiger partial charge in [-0.25, -0.2) is 14.6 Å². The molecule has 0 aliphatic rings. The largest absolute Gasteiger partial charge is 0.334 e. The molecule has 0 aliphatic carbocycles. The van der Waals surface area contributed by atoms with Crippen LogP contribution in [0.25, 0.3) is 22.5 Å². The number of aryl methyl sites for hydroxylation is 2. The number of amides is 3. The zero-order chi connectivity index (χ0) is 26.0. The fourth-order valence-corrected chi connectivity index (χ4v) is 3.93. The Balaban J connectivity index is 1.50. The van der Waals surface area contributed by atoms with E-state index in [2.05, 4.69) is 41.7 Å². The lowest BCUT2D eigenvalue weighted by molar-refractivity contribution is 0.0935. The summed E-state index contributed by atoms with van der Waals surface area (Å²) in [6.45, 7) is 1.54. The van der Waals surface area contributed by atoms with Gasteiger partial charge in [-0.2, -0.15) is 9.90 Å². The zero-order valence-corrected chi connectivity index (χ0v) is 20.6. The molecule has 3 aromatic heterocycles. The van der Waals surface area contributed by atoms with E-state index in [-0.39, 0.29) is 22.1 Å². The lowest BCUT2D eigenvalue weighted by Crippen LogP contribution is -2.47. The summed E-state index contributed by atoms with van der Waals surface area (Å²) in [4.78, 5) is 29.7. The van der Waals surface area contributed by atoms with Gasteiger partial charge in [0, 0.05) is 35.6 Å². The topological polar surface area (TPSA) is 145 Å². The van der Waals surface area contributed by atoms with E-state index < -0.39 is 23.8 Å². The van der Waals surface area contributed by atoms with Gasteiger partial charge in [-0.1, -0.05) is 23.2 Å². The number of rotatable bonds is 5. The lowest BCUT2D eigenvalue weighted by Gasteiger charge is -2.16. The van der Waals surface area contributed by atoms with Crippen LogP contribution in [-0.2, 0) is 14.1 Å². The van der Waals surface area contributed by atoms with Crippen molar-refractivity contribution in [2.75, 3.05) is 0 Å². The molecule has 3 amide bonds. The molecule has 36 heavy (non-hydrogen) atoms. The van der Waals surface area contributed by atoms with Crippen LogP contribution in [0.4, 0.5) is 9.18 Å². The summed E-state index contributed by atoms with van der Waals surface area (Å²) in [7, 11) is 3.25. The van der Waals surface area contributed by atoms with E-state index in [1.807, 2.05) is 0 Å². The second-order valence-electron chi connectivity index (χ2n) is 7.68. The van der Waals surface area contributed by atoms with Crippen LogP contribution in [0.15, 0.2) is 36.8 Å². The summed E-state index contributed by atoms with van der Waals surface area (Å²) in [5, 5.41) is 18.9. The summed E-state index contributed by atoms with van der Waals surface area (Å²) < 4.78 is 16.5. The van der Waals surface area contributed by atoms with Crippen LogP contribution in [0.3, 0.4) is 0 Å².